The minimum Gasteiger partial charge on any atom is -0.474 e. The van der Waals surface area contributed by atoms with E-state index in [1.807, 2.05) is 0 Å². The molecule has 30 heteroatoms. The number of pyridine rings is 1. The Labute approximate surface area is 428 Å². The average Bonchev–Trinajstić information content (AvgIpc) is 3.77. The summed E-state index contributed by atoms with van der Waals surface area (Å²) in [6.45, 7) is -0.908. The molecule has 3 aliphatic carbocycles. The number of carboxylic acid groups (broad SMARTS) is 1. The zero-order valence-corrected chi connectivity index (χ0v) is 41.9. The number of nitrogens with zero attached hydrogens (tertiary/aromatic N) is 6. The number of aliphatic carboxylic acids is 1. The summed E-state index contributed by atoms with van der Waals surface area (Å²) >= 11 is 6.66. The average molecular weight is 1140 g/mol. The lowest BCUT2D eigenvalue weighted by Gasteiger charge is -2.36. The number of rotatable bonds is 13. The number of halogens is 11. The van der Waals surface area contributed by atoms with Crippen LogP contribution in [0.3, 0.4) is 0 Å². The lowest BCUT2D eigenvalue weighted by Crippen LogP contribution is -2.52. The molecule has 0 radical (unpaired) electrons. The van der Waals surface area contributed by atoms with Crippen molar-refractivity contribution in [3.05, 3.63) is 93.0 Å². The van der Waals surface area contributed by atoms with Crippen molar-refractivity contribution in [1.29, 1.82) is 0 Å². The minimum atomic E-state index is -5.24. The molecule has 17 nitrogen and oxygen atoms in total. The highest BCUT2D eigenvalue weighted by Crippen LogP contribution is 2.68. The molecule has 3 aliphatic rings. The van der Waals surface area contributed by atoms with Crippen LogP contribution < -0.4 is 14.9 Å². The van der Waals surface area contributed by atoms with Crippen molar-refractivity contribution in [3.8, 4) is 23.0 Å². The Hall–Kier alpha value is -6.80. The zero-order chi connectivity index (χ0) is 56.2. The Kier molecular flexibility index (Phi) is 13.9. The zero-order valence-electron chi connectivity index (χ0n) is 39.5. The van der Waals surface area contributed by atoms with E-state index >= 15 is 8.78 Å². The number of sulfonamides is 1. The third kappa shape index (κ3) is 10.8. The first-order chi connectivity index (χ1) is 35.0. The van der Waals surface area contributed by atoms with Gasteiger partial charge in [-0.1, -0.05) is 23.6 Å². The second kappa shape index (κ2) is 19.0. The first-order valence-corrected chi connectivity index (χ1v) is 26.5. The third-order valence-electron chi connectivity index (χ3n) is 13.0. The van der Waals surface area contributed by atoms with Gasteiger partial charge in [0.1, 0.15) is 40.9 Å². The highest BCUT2D eigenvalue weighted by molar-refractivity contribution is 7.93. The molecule has 0 saturated heterocycles. The monoisotopic (exact) mass is 1140 g/mol. The van der Waals surface area contributed by atoms with E-state index in [0.29, 0.717) is 12.3 Å². The quantitative estimate of drug-likeness (QED) is 0.0646. The molecule has 3 N–H and O–H groups in total. The molecule has 3 amide bonds. The predicted octanol–water partition coefficient (Wildman–Crippen LogP) is 6.56. The van der Waals surface area contributed by atoms with Gasteiger partial charge in [0.25, 0.3) is 5.92 Å². The molecule has 0 aliphatic heterocycles. The van der Waals surface area contributed by atoms with Crippen molar-refractivity contribution >= 4 is 71.9 Å². The van der Waals surface area contributed by atoms with Gasteiger partial charge in [-0.25, -0.2) is 35.4 Å². The van der Waals surface area contributed by atoms with Crippen molar-refractivity contribution in [2.45, 2.75) is 93.6 Å². The fourth-order valence-electron chi connectivity index (χ4n) is 9.18. The molecule has 3 heterocycles. The molecule has 1 unspecified atom stereocenters. The van der Waals surface area contributed by atoms with Gasteiger partial charge in [0, 0.05) is 46.9 Å². The molecule has 5 aromatic rings. The highest BCUT2D eigenvalue weighted by Gasteiger charge is 2.68. The van der Waals surface area contributed by atoms with E-state index in [9.17, 15) is 71.1 Å². The van der Waals surface area contributed by atoms with Gasteiger partial charge in [0.2, 0.25) is 21.8 Å². The summed E-state index contributed by atoms with van der Waals surface area (Å²) in [6, 6.07) is 3.64. The number of carboxylic acids is 1. The molecule has 3 atom stereocenters. The molecule has 2 aromatic carbocycles. The summed E-state index contributed by atoms with van der Waals surface area (Å²) in [5, 5.41) is 19.7. The van der Waals surface area contributed by atoms with E-state index in [2.05, 4.69) is 37.7 Å². The number of hydrogen-bond donors (Lipinski definition) is 3. The number of sulfone groups is 1. The molecular formula is C46H39ClF10N8O9S2. The van der Waals surface area contributed by atoms with E-state index in [1.54, 1.807) is 0 Å². The van der Waals surface area contributed by atoms with Gasteiger partial charge in [-0.3, -0.25) is 23.7 Å². The van der Waals surface area contributed by atoms with Gasteiger partial charge in [0.05, 0.1) is 33.9 Å². The van der Waals surface area contributed by atoms with Crippen LogP contribution in [0.25, 0.3) is 22.0 Å². The number of alkyl halides is 8. The van der Waals surface area contributed by atoms with E-state index in [0.717, 1.165) is 42.7 Å². The number of hydrogen-bond acceptors (Lipinski definition) is 11. The van der Waals surface area contributed by atoms with Crippen LogP contribution in [-0.2, 0) is 70.6 Å². The lowest BCUT2D eigenvalue weighted by molar-refractivity contribution is -0.151. The number of aromatic nitrogens is 5. The molecule has 2 fully saturated rings. The van der Waals surface area contributed by atoms with E-state index in [1.165, 1.54) is 13.8 Å². The van der Waals surface area contributed by atoms with Crippen LogP contribution in [0.4, 0.5) is 49.7 Å². The van der Waals surface area contributed by atoms with Crippen LogP contribution in [0, 0.1) is 35.3 Å². The number of benzene rings is 2. The summed E-state index contributed by atoms with van der Waals surface area (Å²) < 4.78 is 199. The van der Waals surface area contributed by atoms with Crippen LogP contribution in [0.15, 0.2) is 42.5 Å². The normalized spacial score (nSPS) is 19.4. The molecule has 0 bridgehead atoms. The van der Waals surface area contributed by atoms with E-state index in [4.69, 9.17) is 16.7 Å². The fraction of sp³-hybridized carbons (Fsp3) is 0.413. The maximum atomic E-state index is 15.6. The Bertz CT molecular complexity index is 3570. The Morgan fingerprint density at radius 1 is 0.921 bits per heavy atom. The topological polar surface area (TPSA) is 233 Å². The van der Waals surface area contributed by atoms with Gasteiger partial charge in [-0.2, -0.15) is 49.6 Å². The molecule has 406 valence electrons. The van der Waals surface area contributed by atoms with Crippen LogP contribution in [-0.4, -0.2) is 99.7 Å². The SMILES string of the molecule is CC(C)(C#Cc1ccc(-c2ccc(Cl)c3c(N(C(=O)[C@H]4C[C@H](NC(=O)C(=O)O)C4)S(C)(=O)=O)nn(CC(F)(F)F)c23)c([C@H](Cc2cc(F)cc(F)c2)NC(=O)Cn2nc(C(F)(F)F)c3c2C(F)(F)C2C[C@H]32)n1)S(C)(=O)=O. The van der Waals surface area contributed by atoms with Crippen molar-refractivity contribution < 1.29 is 85.0 Å². The standard InChI is InChI=1S/C46H39ClF10N8O9S2/c1-43(2,75(3,71)72)10-9-24-5-6-26(27-7-8-30(47)34-36(27)64(19-44(50,51)52)62-39(34)65(76(4,73)74)41(68)21-14-25(15-21)59-40(67)42(69)70)35(58-24)31(13-20-11-22(48)16-23(49)12-20)60-32(66)18-63-38-33(37(61-63)46(55,56)57)28-17-29(28)45(38,53)54/h5-8,11-12,16,21,25,28-29,31H,13-15,17-19H2,1-4H3,(H,59,67)(H,60,66)(H,69,70)/t21-,25-,28-,29?,31-/m0/s1. The van der Waals surface area contributed by atoms with Crippen LogP contribution in [0.2, 0.25) is 5.02 Å². The molecule has 76 heavy (non-hydrogen) atoms. The number of nitrogens with one attached hydrogen (secondary N) is 2. The smallest absolute Gasteiger partial charge is 0.435 e. The summed E-state index contributed by atoms with van der Waals surface area (Å²) in [7, 11) is -8.81. The Morgan fingerprint density at radius 2 is 1.55 bits per heavy atom. The lowest BCUT2D eigenvalue weighted by atomic mass is 9.79. The maximum Gasteiger partial charge on any atom is 0.435 e. The Morgan fingerprint density at radius 3 is 2.13 bits per heavy atom. The number of anilines is 1. The first-order valence-electron chi connectivity index (χ1n) is 22.3. The fourth-order valence-corrected chi connectivity index (χ4v) is 10.6. The van der Waals surface area contributed by atoms with Crippen molar-refractivity contribution in [3.63, 3.8) is 0 Å². The van der Waals surface area contributed by atoms with Gasteiger partial charge >= 0.3 is 24.2 Å². The third-order valence-corrected chi connectivity index (χ3v) is 16.3. The highest BCUT2D eigenvalue weighted by atomic mass is 35.5. The van der Waals surface area contributed by atoms with Crippen molar-refractivity contribution in [2.24, 2.45) is 11.8 Å². The van der Waals surface area contributed by atoms with E-state index < -0.39 is 178 Å². The predicted molar refractivity (Wildman–Crippen MR) is 247 cm³/mol. The van der Waals surface area contributed by atoms with Gasteiger partial charge < -0.3 is 15.7 Å². The number of fused-ring (bicyclic) bond motifs is 4. The largest absolute Gasteiger partial charge is 0.474 e. The summed E-state index contributed by atoms with van der Waals surface area (Å²) in [5.41, 5.74) is -6.14. The van der Waals surface area contributed by atoms with Gasteiger partial charge in [-0.05, 0) is 87.3 Å². The van der Waals surface area contributed by atoms with Gasteiger partial charge in [-0.15, -0.1) is 0 Å². The molecule has 8 rings (SSSR count). The summed E-state index contributed by atoms with van der Waals surface area (Å²) in [5.74, 6) is -12.1. The van der Waals surface area contributed by atoms with Gasteiger partial charge in [0.15, 0.2) is 21.3 Å². The van der Waals surface area contributed by atoms with E-state index in [-0.39, 0.29) is 49.8 Å². The molecule has 3 aromatic heterocycles. The van der Waals surface area contributed by atoms with Crippen molar-refractivity contribution in [2.75, 3.05) is 16.8 Å². The van der Waals surface area contributed by atoms with Crippen molar-refractivity contribution in [1.82, 2.24) is 35.2 Å². The number of carbonyl (C=O) groups is 4. The molecule has 2 saturated carbocycles. The van der Waals surface area contributed by atoms with Crippen LogP contribution >= 0.6 is 11.6 Å². The number of amides is 3. The Balaban J connectivity index is 1.33. The number of carbonyl (C=O) groups excluding carboxylic acids is 3. The second-order valence-corrected chi connectivity index (χ2v) is 23.8. The van der Waals surface area contributed by atoms with Crippen LogP contribution in [0.5, 0.6) is 0 Å². The van der Waals surface area contributed by atoms with Crippen LogP contribution in [0.1, 0.15) is 79.0 Å². The summed E-state index contributed by atoms with van der Waals surface area (Å²) in [6.07, 6.45) is -10.7. The minimum absolute atomic E-state index is 0.0733. The maximum absolute atomic E-state index is 15.6. The second-order valence-electron chi connectivity index (χ2n) is 19.0. The summed E-state index contributed by atoms with van der Waals surface area (Å²) in [4.78, 5) is 55.7. The molecule has 0 spiro atoms. The first kappa shape index (κ1) is 55.4. The molecular weight excluding hydrogens is 1100 g/mol.